The van der Waals surface area contributed by atoms with Crippen LogP contribution in [0.1, 0.15) is 45.5 Å². The van der Waals surface area contributed by atoms with E-state index in [0.717, 1.165) is 16.7 Å². The topological polar surface area (TPSA) is 22.0 Å². The summed E-state index contributed by atoms with van der Waals surface area (Å²) in [6, 6.07) is 46.2. The summed E-state index contributed by atoms with van der Waals surface area (Å²) >= 11 is 0. The predicted octanol–water partition coefficient (Wildman–Crippen LogP) is 9.63. The zero-order valence-electron chi connectivity index (χ0n) is 22.6. The molecule has 0 saturated carbocycles. The molecule has 0 aliphatic carbocycles. The van der Waals surface area contributed by atoms with Crippen molar-refractivity contribution >= 4 is 38.4 Å². The molecule has 6 aromatic carbocycles. The Bertz CT molecular complexity index is 2030. The zero-order valence-corrected chi connectivity index (χ0v) is 22.6. The molecule has 40 heavy (non-hydrogen) atoms. The first-order valence-electron chi connectivity index (χ1n) is 13.8. The molecule has 2 nitrogen and oxygen atoms in total. The molecule has 0 fully saturated rings. The van der Waals surface area contributed by atoms with Crippen molar-refractivity contribution in [2.45, 2.75) is 19.8 Å². The highest BCUT2D eigenvalue weighted by Crippen LogP contribution is 2.37. The van der Waals surface area contributed by atoms with Gasteiger partial charge in [0.2, 0.25) is 0 Å². The van der Waals surface area contributed by atoms with Gasteiger partial charge in [-0.25, -0.2) is 0 Å². The van der Waals surface area contributed by atoms with Crippen LogP contribution < -0.4 is 0 Å². The molecule has 192 valence electrons. The van der Waals surface area contributed by atoms with Gasteiger partial charge in [0, 0.05) is 33.5 Å². The van der Waals surface area contributed by atoms with Crippen LogP contribution in [-0.4, -0.2) is 10.4 Å². The van der Waals surface area contributed by atoms with E-state index in [0.29, 0.717) is 11.1 Å². The number of fused-ring (bicyclic) bond motifs is 4. The highest BCUT2D eigenvalue weighted by atomic mass is 16.1. The summed E-state index contributed by atoms with van der Waals surface area (Å²) in [5, 5.41) is 5.06. The van der Waals surface area contributed by atoms with Gasteiger partial charge in [-0.2, -0.15) is 0 Å². The van der Waals surface area contributed by atoms with Gasteiger partial charge < -0.3 is 4.57 Å². The molecule has 0 aliphatic rings. The number of aromatic nitrogens is 1. The minimum Gasteiger partial charge on any atom is -0.309 e. The van der Waals surface area contributed by atoms with E-state index in [-0.39, 0.29) is 11.7 Å². The Hall–Kier alpha value is -4.95. The number of aryl methyl sites for hydroxylation is 1. The van der Waals surface area contributed by atoms with Crippen LogP contribution in [0.3, 0.4) is 0 Å². The molecule has 0 spiro atoms. The van der Waals surface area contributed by atoms with Gasteiger partial charge in [-0.1, -0.05) is 97.4 Å². The van der Waals surface area contributed by atoms with E-state index in [1.165, 1.54) is 38.2 Å². The van der Waals surface area contributed by atoms with Crippen molar-refractivity contribution in [2.24, 2.45) is 0 Å². The molecule has 7 aromatic rings. The van der Waals surface area contributed by atoms with Gasteiger partial charge in [-0.15, -0.1) is 0 Å². The SMILES string of the molecule is Cc1ccc2c(c1)c1cc(C(C)c3cccc4ccccc34)ccc1n2-c1ccc(C(=O)c2ccccc2)cc1. The first-order chi connectivity index (χ1) is 19.6. The Morgan fingerprint density at radius 2 is 1.25 bits per heavy atom. The summed E-state index contributed by atoms with van der Waals surface area (Å²) < 4.78 is 2.31. The minimum absolute atomic E-state index is 0.0389. The summed E-state index contributed by atoms with van der Waals surface area (Å²) in [6.07, 6.45) is 0. The van der Waals surface area contributed by atoms with Crippen LogP contribution in [0.5, 0.6) is 0 Å². The Kier molecular flexibility index (Phi) is 5.82. The van der Waals surface area contributed by atoms with Gasteiger partial charge in [0.15, 0.2) is 5.78 Å². The molecule has 0 saturated heterocycles. The quantitative estimate of drug-likeness (QED) is 0.209. The Labute approximate surface area is 234 Å². The van der Waals surface area contributed by atoms with Crippen LogP contribution in [0.4, 0.5) is 0 Å². The van der Waals surface area contributed by atoms with E-state index in [9.17, 15) is 4.79 Å². The van der Waals surface area contributed by atoms with Crippen molar-refractivity contribution in [3.8, 4) is 5.69 Å². The van der Waals surface area contributed by atoms with Crippen molar-refractivity contribution in [3.05, 3.63) is 161 Å². The van der Waals surface area contributed by atoms with Crippen LogP contribution in [0, 0.1) is 6.92 Å². The standard InChI is InChI=1S/C38H29NO/c1-25-15-21-36-34(23-25)35-24-30(26(2)32-14-8-12-27-9-6-7-13-33(27)32)18-22-37(35)39(36)31-19-16-29(17-20-31)38(40)28-10-4-3-5-11-28/h3-24,26H,1-2H3. The highest BCUT2D eigenvalue weighted by molar-refractivity contribution is 6.11. The highest BCUT2D eigenvalue weighted by Gasteiger charge is 2.17. The van der Waals surface area contributed by atoms with Crippen LogP contribution in [0.2, 0.25) is 0 Å². The van der Waals surface area contributed by atoms with Gasteiger partial charge in [-0.05, 0) is 77.4 Å². The molecule has 0 amide bonds. The van der Waals surface area contributed by atoms with Crippen molar-refractivity contribution < 1.29 is 4.79 Å². The largest absolute Gasteiger partial charge is 0.309 e. The summed E-state index contributed by atoms with van der Waals surface area (Å²) in [6.45, 7) is 4.45. The minimum atomic E-state index is 0.0389. The van der Waals surface area contributed by atoms with E-state index in [2.05, 4.69) is 109 Å². The number of ketones is 1. The van der Waals surface area contributed by atoms with Crippen molar-refractivity contribution in [2.75, 3.05) is 0 Å². The number of nitrogens with zero attached hydrogens (tertiary/aromatic N) is 1. The fourth-order valence-electron chi connectivity index (χ4n) is 6.03. The Morgan fingerprint density at radius 1 is 0.600 bits per heavy atom. The Balaban J connectivity index is 1.35. The van der Waals surface area contributed by atoms with Gasteiger partial charge in [0.05, 0.1) is 11.0 Å². The summed E-state index contributed by atoms with van der Waals surface area (Å²) in [5.74, 6) is 0.291. The van der Waals surface area contributed by atoms with Crippen molar-refractivity contribution in [3.63, 3.8) is 0 Å². The first-order valence-corrected chi connectivity index (χ1v) is 13.8. The van der Waals surface area contributed by atoms with Crippen molar-refractivity contribution in [1.82, 2.24) is 4.57 Å². The van der Waals surface area contributed by atoms with Crippen LogP contribution in [-0.2, 0) is 0 Å². The average molecular weight is 516 g/mol. The summed E-state index contributed by atoms with van der Waals surface area (Å²) in [7, 11) is 0. The number of hydrogen-bond acceptors (Lipinski definition) is 1. The fourth-order valence-corrected chi connectivity index (χ4v) is 6.03. The first kappa shape index (κ1) is 24.1. The smallest absolute Gasteiger partial charge is 0.193 e. The fraction of sp³-hybridized carbons (Fsp3) is 0.0789. The molecule has 0 radical (unpaired) electrons. The number of benzene rings is 6. The third-order valence-corrected chi connectivity index (χ3v) is 8.16. The van der Waals surface area contributed by atoms with E-state index in [1.54, 1.807) is 0 Å². The molecule has 2 heteroatoms. The molecule has 1 atom stereocenters. The average Bonchev–Trinajstić information content (AvgIpc) is 3.33. The third-order valence-electron chi connectivity index (χ3n) is 8.16. The van der Waals surface area contributed by atoms with Gasteiger partial charge >= 0.3 is 0 Å². The normalized spacial score (nSPS) is 12.2. The zero-order chi connectivity index (χ0) is 27.2. The second-order valence-electron chi connectivity index (χ2n) is 10.7. The number of hydrogen-bond donors (Lipinski definition) is 0. The van der Waals surface area contributed by atoms with Crippen LogP contribution in [0.25, 0.3) is 38.3 Å². The van der Waals surface area contributed by atoms with Gasteiger partial charge in [0.1, 0.15) is 0 Å². The van der Waals surface area contributed by atoms with E-state index in [4.69, 9.17) is 0 Å². The van der Waals surface area contributed by atoms with Crippen LogP contribution >= 0.6 is 0 Å². The second-order valence-corrected chi connectivity index (χ2v) is 10.7. The van der Waals surface area contributed by atoms with Gasteiger partial charge in [-0.3, -0.25) is 4.79 Å². The second kappa shape index (κ2) is 9.66. The molecule has 0 N–H and O–H groups in total. The lowest BCUT2D eigenvalue weighted by molar-refractivity contribution is 0.103. The molecule has 0 aliphatic heterocycles. The van der Waals surface area contributed by atoms with E-state index >= 15 is 0 Å². The van der Waals surface area contributed by atoms with E-state index < -0.39 is 0 Å². The van der Waals surface area contributed by atoms with Gasteiger partial charge in [0.25, 0.3) is 0 Å². The third kappa shape index (κ3) is 4.01. The van der Waals surface area contributed by atoms with E-state index in [1.807, 2.05) is 42.5 Å². The maximum Gasteiger partial charge on any atom is 0.193 e. The predicted molar refractivity (Wildman–Crippen MR) is 167 cm³/mol. The molecule has 1 aromatic heterocycles. The Morgan fingerprint density at radius 3 is 2.05 bits per heavy atom. The number of carbonyl (C=O) groups excluding carboxylic acids is 1. The summed E-state index contributed by atoms with van der Waals surface area (Å²) in [4.78, 5) is 13.0. The van der Waals surface area contributed by atoms with Crippen LogP contribution in [0.15, 0.2) is 133 Å². The lowest BCUT2D eigenvalue weighted by atomic mass is 9.88. The number of carbonyl (C=O) groups is 1. The van der Waals surface area contributed by atoms with Crippen molar-refractivity contribution in [1.29, 1.82) is 0 Å². The maximum absolute atomic E-state index is 13.0. The molecule has 7 rings (SSSR count). The molecule has 1 heterocycles. The monoisotopic (exact) mass is 515 g/mol. The lowest BCUT2D eigenvalue weighted by Gasteiger charge is -2.16. The lowest BCUT2D eigenvalue weighted by Crippen LogP contribution is -2.02. The molecular formula is C38H29NO. The maximum atomic E-state index is 13.0. The molecular weight excluding hydrogens is 486 g/mol. The molecule has 1 unspecified atom stereocenters. The summed E-state index contributed by atoms with van der Waals surface area (Å²) in [5.41, 5.74) is 8.65. The number of rotatable bonds is 5. The molecule has 0 bridgehead atoms.